The SMILES string of the molecule is C1=Cc2sc3c(-c4ccc(-c5ccc(N(c6ccc(-c7ccccc7)cc6)c6cccc(-c7ccccc7)c6)cc5)cc4-c4cccc5c4sc4ccccc45)cccc3c2CC1. The Hall–Kier alpha value is -7.30. The second-order valence-electron chi connectivity index (χ2n) is 16.3. The first-order valence-corrected chi connectivity index (χ1v) is 23.3. The topological polar surface area (TPSA) is 3.24 Å². The van der Waals surface area contributed by atoms with Gasteiger partial charge in [-0.2, -0.15) is 0 Å². The van der Waals surface area contributed by atoms with Crippen molar-refractivity contribution in [3.05, 3.63) is 229 Å². The van der Waals surface area contributed by atoms with Crippen molar-refractivity contribution in [2.75, 3.05) is 4.90 Å². The maximum atomic E-state index is 2.44. The molecule has 2 aromatic heterocycles. The Balaban J connectivity index is 0.990. The zero-order chi connectivity index (χ0) is 41.7. The summed E-state index contributed by atoms with van der Waals surface area (Å²) in [5.41, 5.74) is 17.1. The molecule has 0 atom stereocenters. The molecule has 0 amide bonds. The van der Waals surface area contributed by atoms with E-state index in [0.29, 0.717) is 0 Å². The van der Waals surface area contributed by atoms with Crippen molar-refractivity contribution in [1.82, 2.24) is 0 Å². The zero-order valence-electron chi connectivity index (χ0n) is 34.5. The van der Waals surface area contributed by atoms with Gasteiger partial charge in [0, 0.05) is 57.9 Å². The van der Waals surface area contributed by atoms with Crippen LogP contribution in [0.4, 0.5) is 17.1 Å². The summed E-state index contributed by atoms with van der Waals surface area (Å²) in [5, 5.41) is 4.04. The van der Waals surface area contributed by atoms with Crippen molar-refractivity contribution >= 4 is 76.1 Å². The molecule has 298 valence electrons. The van der Waals surface area contributed by atoms with Crippen LogP contribution in [-0.4, -0.2) is 0 Å². The summed E-state index contributed by atoms with van der Waals surface area (Å²) < 4.78 is 4.03. The highest BCUT2D eigenvalue weighted by atomic mass is 32.1. The Morgan fingerprint density at radius 1 is 0.349 bits per heavy atom. The van der Waals surface area contributed by atoms with Crippen LogP contribution in [0.3, 0.4) is 0 Å². The molecule has 0 saturated carbocycles. The summed E-state index contributed by atoms with van der Waals surface area (Å²) >= 11 is 3.85. The van der Waals surface area contributed by atoms with Gasteiger partial charge in [-0.1, -0.05) is 170 Å². The number of rotatable bonds is 8. The fourth-order valence-electron chi connectivity index (χ4n) is 9.49. The largest absolute Gasteiger partial charge is 0.310 e. The standard InChI is InChI=1S/C60H41NS2/c1-3-14-40(15-4-1)42-28-33-46(34-29-42)61(48-19-11-18-44(38-48)41-16-5-2-6-17-41)47-35-30-43(31-36-47)45-32-37-49(52-22-12-23-53-50-20-7-9-26-57(50)62-59(52)53)56(39-45)55-25-13-24-54-51-21-8-10-27-58(51)63-60(54)55/h1-6,8-19,21-39H,7,20H2. The molecule has 1 aliphatic rings. The van der Waals surface area contributed by atoms with E-state index in [1.165, 1.54) is 96.3 Å². The van der Waals surface area contributed by atoms with Gasteiger partial charge in [0.1, 0.15) is 0 Å². The van der Waals surface area contributed by atoms with Crippen molar-refractivity contribution in [2.24, 2.45) is 0 Å². The Labute approximate surface area is 376 Å². The Morgan fingerprint density at radius 2 is 0.889 bits per heavy atom. The summed E-state index contributed by atoms with van der Waals surface area (Å²) in [5.74, 6) is 0. The molecule has 1 aliphatic carbocycles. The zero-order valence-corrected chi connectivity index (χ0v) is 36.2. The lowest BCUT2D eigenvalue weighted by atomic mass is 9.89. The van der Waals surface area contributed by atoms with E-state index >= 15 is 0 Å². The number of nitrogens with zero attached hydrogens (tertiary/aromatic N) is 1. The van der Waals surface area contributed by atoms with E-state index in [0.717, 1.165) is 29.9 Å². The molecule has 0 unspecified atom stereocenters. The van der Waals surface area contributed by atoms with E-state index in [2.05, 4.69) is 229 Å². The van der Waals surface area contributed by atoms with Crippen LogP contribution in [0.1, 0.15) is 16.9 Å². The first-order chi connectivity index (χ1) is 31.2. The fourth-order valence-corrected chi connectivity index (χ4v) is 12.0. The lowest BCUT2D eigenvalue weighted by molar-refractivity contribution is 1.01. The molecule has 1 nitrogen and oxygen atoms in total. The minimum Gasteiger partial charge on any atom is -0.310 e. The summed E-state index contributed by atoms with van der Waals surface area (Å²) in [7, 11) is 0. The molecule has 0 saturated heterocycles. The van der Waals surface area contributed by atoms with E-state index in [4.69, 9.17) is 0 Å². The second-order valence-corrected chi connectivity index (χ2v) is 18.4. The predicted molar refractivity (Wildman–Crippen MR) is 274 cm³/mol. The number of hydrogen-bond donors (Lipinski definition) is 0. The average molecular weight is 840 g/mol. The third kappa shape index (κ3) is 6.78. The third-order valence-corrected chi connectivity index (χ3v) is 15.1. The fraction of sp³-hybridized carbons (Fsp3) is 0.0333. The molecule has 0 aliphatic heterocycles. The van der Waals surface area contributed by atoms with Crippen LogP contribution in [0.25, 0.3) is 92.0 Å². The predicted octanol–water partition coefficient (Wildman–Crippen LogP) is 18.0. The molecule has 0 spiro atoms. The van der Waals surface area contributed by atoms with Crippen LogP contribution >= 0.6 is 22.7 Å². The Bertz CT molecular complexity index is 3480. The number of anilines is 3. The number of aryl methyl sites for hydroxylation is 1. The summed E-state index contributed by atoms with van der Waals surface area (Å²) in [6.45, 7) is 0. The van der Waals surface area contributed by atoms with Crippen molar-refractivity contribution < 1.29 is 0 Å². The third-order valence-electron chi connectivity index (χ3n) is 12.6. The van der Waals surface area contributed by atoms with Crippen molar-refractivity contribution in [1.29, 1.82) is 0 Å². The van der Waals surface area contributed by atoms with Gasteiger partial charge in [-0.3, -0.25) is 0 Å². The number of fused-ring (bicyclic) bond motifs is 6. The minimum atomic E-state index is 1.10. The van der Waals surface area contributed by atoms with Gasteiger partial charge < -0.3 is 4.90 Å². The number of allylic oxidation sites excluding steroid dienone is 1. The van der Waals surface area contributed by atoms with Crippen LogP contribution in [0, 0.1) is 0 Å². The molecule has 0 radical (unpaired) electrons. The molecule has 0 bridgehead atoms. The monoisotopic (exact) mass is 839 g/mol. The molecule has 9 aromatic carbocycles. The smallest absolute Gasteiger partial charge is 0.0467 e. The highest BCUT2D eigenvalue weighted by molar-refractivity contribution is 7.26. The Morgan fingerprint density at radius 3 is 1.63 bits per heavy atom. The van der Waals surface area contributed by atoms with Gasteiger partial charge in [0.15, 0.2) is 0 Å². The van der Waals surface area contributed by atoms with Gasteiger partial charge in [-0.25, -0.2) is 0 Å². The van der Waals surface area contributed by atoms with E-state index < -0.39 is 0 Å². The molecule has 2 heterocycles. The first-order valence-electron chi connectivity index (χ1n) is 21.7. The van der Waals surface area contributed by atoms with Gasteiger partial charge in [-0.05, 0) is 123 Å². The quantitative estimate of drug-likeness (QED) is 0.147. The lowest BCUT2D eigenvalue weighted by Gasteiger charge is -2.26. The molecule has 12 rings (SSSR count). The van der Waals surface area contributed by atoms with Gasteiger partial charge in [0.2, 0.25) is 0 Å². The lowest BCUT2D eigenvalue weighted by Crippen LogP contribution is -2.10. The van der Waals surface area contributed by atoms with Crippen molar-refractivity contribution in [3.8, 4) is 55.6 Å². The van der Waals surface area contributed by atoms with E-state index in [9.17, 15) is 0 Å². The molecule has 63 heavy (non-hydrogen) atoms. The van der Waals surface area contributed by atoms with Crippen molar-refractivity contribution in [3.63, 3.8) is 0 Å². The molecule has 11 aromatic rings. The van der Waals surface area contributed by atoms with Gasteiger partial charge in [0.05, 0.1) is 0 Å². The van der Waals surface area contributed by atoms with E-state index in [-0.39, 0.29) is 0 Å². The number of benzene rings is 9. The van der Waals surface area contributed by atoms with Crippen LogP contribution < -0.4 is 4.90 Å². The number of thiophene rings is 2. The molecular formula is C60H41NS2. The maximum absolute atomic E-state index is 2.44. The first kappa shape index (κ1) is 37.5. The molecule has 3 heteroatoms. The van der Waals surface area contributed by atoms with Crippen molar-refractivity contribution in [2.45, 2.75) is 12.8 Å². The minimum absolute atomic E-state index is 1.10. The highest BCUT2D eigenvalue weighted by Crippen LogP contribution is 2.48. The normalized spacial score (nSPS) is 12.3. The molecule has 0 fully saturated rings. The van der Waals surface area contributed by atoms with Crippen LogP contribution in [0.2, 0.25) is 0 Å². The molecular weight excluding hydrogens is 799 g/mol. The van der Waals surface area contributed by atoms with Gasteiger partial charge >= 0.3 is 0 Å². The maximum Gasteiger partial charge on any atom is 0.0467 e. The van der Waals surface area contributed by atoms with Gasteiger partial charge in [0.25, 0.3) is 0 Å². The van der Waals surface area contributed by atoms with E-state index in [1.807, 2.05) is 22.7 Å². The summed E-state index contributed by atoms with van der Waals surface area (Å²) in [6.07, 6.45) is 6.87. The molecule has 0 N–H and O–H groups in total. The number of hydrogen-bond acceptors (Lipinski definition) is 3. The van der Waals surface area contributed by atoms with Gasteiger partial charge in [-0.15, -0.1) is 22.7 Å². The summed E-state index contributed by atoms with van der Waals surface area (Å²) in [4.78, 5) is 3.78. The van der Waals surface area contributed by atoms with Crippen LogP contribution in [0.15, 0.2) is 218 Å². The second kappa shape index (κ2) is 15.9. The Kier molecular flexibility index (Phi) is 9.44. The van der Waals surface area contributed by atoms with Crippen LogP contribution in [-0.2, 0) is 6.42 Å². The summed E-state index contributed by atoms with van der Waals surface area (Å²) in [6, 6.07) is 78.0. The van der Waals surface area contributed by atoms with E-state index in [1.54, 1.807) is 0 Å². The van der Waals surface area contributed by atoms with Crippen LogP contribution in [0.5, 0.6) is 0 Å². The highest BCUT2D eigenvalue weighted by Gasteiger charge is 2.21. The average Bonchev–Trinajstić information content (AvgIpc) is 3.94.